The monoisotopic (exact) mass is 274 g/mol. The van der Waals surface area contributed by atoms with Crippen LogP contribution in [0.1, 0.15) is 9.67 Å². The molecule has 96 valence electrons. The van der Waals surface area contributed by atoms with Gasteiger partial charge in [-0.05, 0) is 29.7 Å². The van der Waals surface area contributed by atoms with Crippen molar-refractivity contribution < 1.29 is 18.0 Å². The number of nitrogens with one attached hydrogen (secondary N) is 1. The van der Waals surface area contributed by atoms with Crippen LogP contribution < -0.4 is 11.1 Å². The number of fused-ring (bicyclic) bond motifs is 1. The SMILES string of the molecule is Nc1ccc2sc(C(=O)NCC(F)(F)F)cc2c1. The van der Waals surface area contributed by atoms with E-state index in [1.54, 1.807) is 18.2 Å². The zero-order chi connectivity index (χ0) is 13.3. The smallest absolute Gasteiger partial charge is 0.399 e. The maximum absolute atomic E-state index is 12.0. The molecule has 18 heavy (non-hydrogen) atoms. The first-order chi connectivity index (χ1) is 8.35. The van der Waals surface area contributed by atoms with E-state index in [1.165, 1.54) is 6.07 Å². The zero-order valence-electron chi connectivity index (χ0n) is 9.04. The summed E-state index contributed by atoms with van der Waals surface area (Å²) >= 11 is 1.13. The summed E-state index contributed by atoms with van der Waals surface area (Å²) in [5.41, 5.74) is 6.12. The first-order valence-corrected chi connectivity index (χ1v) is 5.81. The Morgan fingerprint density at radius 3 is 2.72 bits per heavy atom. The highest BCUT2D eigenvalue weighted by atomic mass is 32.1. The van der Waals surface area contributed by atoms with Gasteiger partial charge in [-0.1, -0.05) is 0 Å². The van der Waals surface area contributed by atoms with Crippen molar-refractivity contribution in [1.82, 2.24) is 5.32 Å². The second-order valence-corrected chi connectivity index (χ2v) is 4.79. The molecule has 0 unspecified atom stereocenters. The molecule has 0 aliphatic carbocycles. The molecule has 0 fully saturated rings. The fourth-order valence-corrected chi connectivity index (χ4v) is 2.40. The van der Waals surface area contributed by atoms with Gasteiger partial charge in [0.1, 0.15) is 6.54 Å². The number of hydrogen-bond donors (Lipinski definition) is 2. The van der Waals surface area contributed by atoms with Crippen LogP contribution in [-0.4, -0.2) is 18.6 Å². The van der Waals surface area contributed by atoms with Crippen molar-refractivity contribution in [2.45, 2.75) is 6.18 Å². The Morgan fingerprint density at radius 1 is 1.33 bits per heavy atom. The van der Waals surface area contributed by atoms with E-state index < -0.39 is 18.6 Å². The van der Waals surface area contributed by atoms with Crippen LogP contribution in [0.4, 0.5) is 18.9 Å². The summed E-state index contributed by atoms with van der Waals surface area (Å²) < 4.78 is 36.7. The van der Waals surface area contributed by atoms with Crippen molar-refractivity contribution in [3.63, 3.8) is 0 Å². The molecule has 0 aliphatic heterocycles. The van der Waals surface area contributed by atoms with Crippen LogP contribution in [0.2, 0.25) is 0 Å². The fourth-order valence-electron chi connectivity index (χ4n) is 1.44. The van der Waals surface area contributed by atoms with E-state index in [1.807, 2.05) is 5.32 Å². The van der Waals surface area contributed by atoms with Gasteiger partial charge in [0.05, 0.1) is 4.88 Å². The van der Waals surface area contributed by atoms with Gasteiger partial charge in [-0.3, -0.25) is 4.79 Å². The van der Waals surface area contributed by atoms with E-state index in [0.29, 0.717) is 5.69 Å². The molecule has 1 amide bonds. The Morgan fingerprint density at radius 2 is 2.06 bits per heavy atom. The molecule has 1 aromatic heterocycles. The minimum Gasteiger partial charge on any atom is -0.399 e. The lowest BCUT2D eigenvalue weighted by Gasteiger charge is -2.06. The summed E-state index contributed by atoms with van der Waals surface area (Å²) in [7, 11) is 0. The van der Waals surface area contributed by atoms with E-state index in [4.69, 9.17) is 5.73 Å². The van der Waals surface area contributed by atoms with Gasteiger partial charge in [0.15, 0.2) is 0 Å². The number of alkyl halides is 3. The van der Waals surface area contributed by atoms with Crippen molar-refractivity contribution in [3.05, 3.63) is 29.1 Å². The molecule has 0 radical (unpaired) electrons. The average molecular weight is 274 g/mol. The number of thiophene rings is 1. The number of hydrogen-bond acceptors (Lipinski definition) is 3. The number of carbonyl (C=O) groups is 1. The van der Waals surface area contributed by atoms with E-state index in [0.717, 1.165) is 21.4 Å². The molecule has 0 saturated carbocycles. The zero-order valence-corrected chi connectivity index (χ0v) is 9.86. The quantitative estimate of drug-likeness (QED) is 0.827. The number of anilines is 1. The van der Waals surface area contributed by atoms with E-state index in [-0.39, 0.29) is 4.88 Å². The Labute approximate surface area is 104 Å². The number of nitrogen functional groups attached to an aromatic ring is 1. The Balaban J connectivity index is 2.18. The highest BCUT2D eigenvalue weighted by molar-refractivity contribution is 7.20. The number of rotatable bonds is 2. The summed E-state index contributed by atoms with van der Waals surface area (Å²) in [6, 6.07) is 6.61. The predicted molar refractivity (Wildman–Crippen MR) is 64.6 cm³/mol. The summed E-state index contributed by atoms with van der Waals surface area (Å²) in [6.07, 6.45) is -4.41. The second-order valence-electron chi connectivity index (χ2n) is 3.71. The van der Waals surface area contributed by atoms with Gasteiger partial charge in [-0.25, -0.2) is 0 Å². The predicted octanol–water partition coefficient (Wildman–Crippen LogP) is 2.78. The lowest BCUT2D eigenvalue weighted by atomic mass is 10.2. The van der Waals surface area contributed by atoms with Gasteiger partial charge in [-0.15, -0.1) is 11.3 Å². The van der Waals surface area contributed by atoms with Crippen LogP contribution >= 0.6 is 11.3 Å². The minimum absolute atomic E-state index is 0.236. The van der Waals surface area contributed by atoms with Crippen molar-refractivity contribution in [3.8, 4) is 0 Å². The third-order valence-electron chi connectivity index (χ3n) is 2.21. The number of amides is 1. The first kappa shape index (κ1) is 12.7. The molecule has 0 aliphatic rings. The van der Waals surface area contributed by atoms with Crippen molar-refractivity contribution in [2.24, 2.45) is 0 Å². The maximum Gasteiger partial charge on any atom is 0.405 e. The molecule has 3 N–H and O–H groups in total. The van der Waals surface area contributed by atoms with Crippen LogP contribution in [0.5, 0.6) is 0 Å². The molecular weight excluding hydrogens is 265 g/mol. The molecule has 1 aromatic carbocycles. The van der Waals surface area contributed by atoms with Crippen LogP contribution in [0.25, 0.3) is 10.1 Å². The Hall–Kier alpha value is -1.76. The summed E-state index contributed by atoms with van der Waals surface area (Å²) in [5.74, 6) is -0.730. The highest BCUT2D eigenvalue weighted by Gasteiger charge is 2.28. The summed E-state index contributed by atoms with van der Waals surface area (Å²) in [4.78, 5) is 11.7. The standard InChI is InChI=1S/C11H9F3N2OS/c12-11(13,14)5-16-10(17)9-4-6-3-7(15)1-2-8(6)18-9/h1-4H,5,15H2,(H,16,17). The lowest BCUT2D eigenvalue weighted by molar-refractivity contribution is -0.123. The Kier molecular flexibility index (Phi) is 3.16. The highest BCUT2D eigenvalue weighted by Crippen LogP contribution is 2.27. The number of nitrogens with two attached hydrogens (primary N) is 1. The largest absolute Gasteiger partial charge is 0.405 e. The van der Waals surface area contributed by atoms with Gasteiger partial charge >= 0.3 is 6.18 Å². The lowest BCUT2D eigenvalue weighted by Crippen LogP contribution is -2.33. The summed E-state index contributed by atoms with van der Waals surface area (Å²) in [5, 5.41) is 2.58. The molecule has 0 bridgehead atoms. The molecule has 7 heteroatoms. The van der Waals surface area contributed by atoms with Gasteiger partial charge in [-0.2, -0.15) is 13.2 Å². The van der Waals surface area contributed by atoms with E-state index in [9.17, 15) is 18.0 Å². The number of benzene rings is 1. The van der Waals surface area contributed by atoms with E-state index in [2.05, 4.69) is 0 Å². The van der Waals surface area contributed by atoms with Crippen LogP contribution in [0.15, 0.2) is 24.3 Å². The minimum atomic E-state index is -4.41. The first-order valence-electron chi connectivity index (χ1n) is 4.99. The van der Waals surface area contributed by atoms with Gasteiger partial charge in [0.2, 0.25) is 0 Å². The van der Waals surface area contributed by atoms with Crippen LogP contribution in [-0.2, 0) is 0 Å². The molecule has 2 aromatic rings. The Bertz CT molecular complexity index is 591. The van der Waals surface area contributed by atoms with Crippen molar-refractivity contribution in [1.29, 1.82) is 0 Å². The molecule has 1 heterocycles. The molecular formula is C11H9F3N2OS. The van der Waals surface area contributed by atoms with Crippen molar-refractivity contribution in [2.75, 3.05) is 12.3 Å². The normalized spacial score (nSPS) is 11.7. The van der Waals surface area contributed by atoms with Crippen molar-refractivity contribution >= 4 is 33.0 Å². The van der Waals surface area contributed by atoms with Crippen LogP contribution in [0.3, 0.4) is 0 Å². The summed E-state index contributed by atoms with van der Waals surface area (Å²) in [6.45, 7) is -1.33. The topological polar surface area (TPSA) is 55.1 Å². The second kappa shape index (κ2) is 4.49. The molecule has 0 atom stereocenters. The van der Waals surface area contributed by atoms with E-state index >= 15 is 0 Å². The molecule has 2 rings (SSSR count). The third-order valence-corrected chi connectivity index (χ3v) is 3.33. The fraction of sp³-hybridized carbons (Fsp3) is 0.182. The molecule has 3 nitrogen and oxygen atoms in total. The average Bonchev–Trinajstić information content (AvgIpc) is 2.67. The van der Waals surface area contributed by atoms with Gasteiger partial charge in [0.25, 0.3) is 5.91 Å². The molecule has 0 saturated heterocycles. The molecule has 0 spiro atoms. The number of halogens is 3. The maximum atomic E-state index is 12.0. The number of carbonyl (C=O) groups excluding carboxylic acids is 1. The van der Waals surface area contributed by atoms with Gasteiger partial charge in [0, 0.05) is 10.4 Å². The third kappa shape index (κ3) is 2.92. The van der Waals surface area contributed by atoms with Crippen LogP contribution in [0, 0.1) is 0 Å². The van der Waals surface area contributed by atoms with Gasteiger partial charge < -0.3 is 11.1 Å².